The van der Waals surface area contributed by atoms with E-state index in [1.807, 2.05) is 4.57 Å². The van der Waals surface area contributed by atoms with Crippen molar-refractivity contribution in [2.45, 2.75) is 45.3 Å². The van der Waals surface area contributed by atoms with Gasteiger partial charge >= 0.3 is 11.8 Å². The van der Waals surface area contributed by atoms with E-state index >= 15 is 0 Å². The Morgan fingerprint density at radius 3 is 2.53 bits per heavy atom. The number of hydrogen-bond donors (Lipinski definition) is 1. The third-order valence-electron chi connectivity index (χ3n) is 6.62. The normalized spacial score (nSPS) is 19.2. The van der Waals surface area contributed by atoms with Gasteiger partial charge in [0.25, 0.3) is 0 Å². The highest BCUT2D eigenvalue weighted by atomic mass is 35.5. The topological polar surface area (TPSA) is 109 Å². The first-order valence-electron chi connectivity index (χ1n) is 11.0. The Kier molecular flexibility index (Phi) is 5.74. The van der Waals surface area contributed by atoms with Crippen molar-refractivity contribution in [3.63, 3.8) is 0 Å². The minimum absolute atomic E-state index is 0.0798. The molecule has 1 aliphatic carbocycles. The van der Waals surface area contributed by atoms with Crippen molar-refractivity contribution in [3.05, 3.63) is 60.2 Å². The number of piperazine rings is 1. The van der Waals surface area contributed by atoms with Crippen LogP contribution >= 0.6 is 23.2 Å². The molecule has 5 rings (SSSR count). The van der Waals surface area contributed by atoms with Gasteiger partial charge in [-0.1, -0.05) is 23.2 Å². The fourth-order valence-corrected chi connectivity index (χ4v) is 5.44. The largest absolute Gasteiger partial charge is 0.519 e. The molecule has 2 aliphatic rings. The van der Waals surface area contributed by atoms with Crippen LogP contribution in [0, 0.1) is 6.92 Å². The SMILES string of the molecule is Cc1oc(=O)oc1CN1CCN(c2c(Cl)cc3c(=O)c(C(=O)O)cn(C4CC4)c3c2Cl)CC1C. The molecule has 1 saturated carbocycles. The summed E-state index contributed by atoms with van der Waals surface area (Å²) in [5, 5.41) is 10.4. The smallest absolute Gasteiger partial charge is 0.477 e. The number of nitrogens with zero attached hydrogens (tertiary/aromatic N) is 3. The summed E-state index contributed by atoms with van der Waals surface area (Å²) in [5.74, 6) is -0.999. The predicted molar refractivity (Wildman–Crippen MR) is 128 cm³/mol. The van der Waals surface area contributed by atoms with Gasteiger partial charge in [-0.15, -0.1) is 0 Å². The lowest BCUT2D eigenvalue weighted by Gasteiger charge is -2.41. The van der Waals surface area contributed by atoms with E-state index in [1.165, 1.54) is 12.3 Å². The number of hydrogen-bond acceptors (Lipinski definition) is 7. The summed E-state index contributed by atoms with van der Waals surface area (Å²) in [6.45, 7) is 6.08. The molecule has 34 heavy (non-hydrogen) atoms. The molecule has 180 valence electrons. The summed E-state index contributed by atoms with van der Waals surface area (Å²) in [6, 6.07) is 1.72. The molecule has 3 aromatic rings. The van der Waals surface area contributed by atoms with Gasteiger partial charge in [0, 0.05) is 43.3 Å². The molecule has 1 saturated heterocycles. The molecule has 3 heterocycles. The molecule has 1 aliphatic heterocycles. The van der Waals surface area contributed by atoms with Crippen LogP contribution in [-0.2, 0) is 6.54 Å². The summed E-state index contributed by atoms with van der Waals surface area (Å²) in [7, 11) is 0. The molecule has 0 radical (unpaired) electrons. The molecular weight excluding hydrogens is 485 g/mol. The van der Waals surface area contributed by atoms with Crippen molar-refractivity contribution in [3.8, 4) is 0 Å². The van der Waals surface area contributed by atoms with Gasteiger partial charge in [-0.2, -0.15) is 0 Å². The van der Waals surface area contributed by atoms with E-state index in [9.17, 15) is 19.5 Å². The van der Waals surface area contributed by atoms with Crippen molar-refractivity contribution < 1.29 is 18.7 Å². The van der Waals surface area contributed by atoms with E-state index in [0.717, 1.165) is 12.8 Å². The third-order valence-corrected chi connectivity index (χ3v) is 7.26. The van der Waals surface area contributed by atoms with Gasteiger partial charge in [0.15, 0.2) is 5.76 Å². The molecular formula is C23H23Cl2N3O6. The van der Waals surface area contributed by atoms with E-state index < -0.39 is 17.2 Å². The molecule has 0 spiro atoms. The minimum Gasteiger partial charge on any atom is -0.477 e. The van der Waals surface area contributed by atoms with Gasteiger partial charge in [0.1, 0.15) is 11.3 Å². The van der Waals surface area contributed by atoms with Gasteiger partial charge in [-0.3, -0.25) is 9.69 Å². The highest BCUT2D eigenvalue weighted by molar-refractivity contribution is 6.42. The predicted octanol–water partition coefficient (Wildman–Crippen LogP) is 3.91. The molecule has 1 atom stereocenters. The zero-order valence-electron chi connectivity index (χ0n) is 18.6. The summed E-state index contributed by atoms with van der Waals surface area (Å²) in [6.07, 6.45) is 3.19. The minimum atomic E-state index is -1.27. The molecule has 0 bridgehead atoms. The van der Waals surface area contributed by atoms with E-state index in [-0.39, 0.29) is 23.0 Å². The second kappa shape index (κ2) is 8.48. The van der Waals surface area contributed by atoms with Crippen molar-refractivity contribution in [2.75, 3.05) is 24.5 Å². The van der Waals surface area contributed by atoms with Crippen LogP contribution in [0.3, 0.4) is 0 Å². The second-order valence-electron chi connectivity index (χ2n) is 8.93. The lowest BCUT2D eigenvalue weighted by molar-refractivity contribution is 0.0695. The van der Waals surface area contributed by atoms with Crippen LogP contribution in [-0.4, -0.2) is 46.2 Å². The Morgan fingerprint density at radius 1 is 1.21 bits per heavy atom. The Hall–Kier alpha value is -2.75. The van der Waals surface area contributed by atoms with Crippen LogP contribution in [0.2, 0.25) is 10.0 Å². The van der Waals surface area contributed by atoms with Gasteiger partial charge in [0.2, 0.25) is 5.43 Å². The average molecular weight is 508 g/mol. The number of aromatic carboxylic acids is 1. The number of fused-ring (bicyclic) bond motifs is 1. The molecule has 0 amide bonds. The summed E-state index contributed by atoms with van der Waals surface area (Å²) in [5.41, 5.74) is 0.266. The van der Waals surface area contributed by atoms with Crippen molar-refractivity contribution in [1.82, 2.24) is 9.47 Å². The fraction of sp³-hybridized carbons (Fsp3) is 0.435. The molecule has 2 fully saturated rings. The molecule has 1 unspecified atom stereocenters. The van der Waals surface area contributed by atoms with Crippen molar-refractivity contribution in [1.29, 1.82) is 0 Å². The number of aryl methyl sites for hydroxylation is 1. The Bertz CT molecular complexity index is 1420. The van der Waals surface area contributed by atoms with Gasteiger partial charge in [-0.25, -0.2) is 9.59 Å². The van der Waals surface area contributed by atoms with Gasteiger partial charge in [-0.05, 0) is 32.8 Å². The second-order valence-corrected chi connectivity index (χ2v) is 9.72. The highest BCUT2D eigenvalue weighted by Crippen LogP contribution is 2.44. The van der Waals surface area contributed by atoms with Crippen LogP contribution in [0.4, 0.5) is 5.69 Å². The molecule has 1 aromatic carbocycles. The lowest BCUT2D eigenvalue weighted by atomic mass is 10.1. The molecule has 2 aromatic heterocycles. The number of aromatic nitrogens is 1. The number of halogens is 2. The zero-order chi connectivity index (χ0) is 24.3. The number of benzene rings is 1. The maximum absolute atomic E-state index is 12.9. The first-order valence-corrected chi connectivity index (χ1v) is 11.8. The summed E-state index contributed by atoms with van der Waals surface area (Å²) in [4.78, 5) is 40.2. The van der Waals surface area contributed by atoms with E-state index in [1.54, 1.807) is 6.92 Å². The number of carboxylic acids is 1. The van der Waals surface area contributed by atoms with E-state index in [2.05, 4.69) is 16.7 Å². The molecule has 1 N–H and O–H groups in total. The number of anilines is 1. The van der Waals surface area contributed by atoms with Crippen LogP contribution in [0.25, 0.3) is 10.9 Å². The monoisotopic (exact) mass is 507 g/mol. The van der Waals surface area contributed by atoms with Crippen LogP contribution < -0.4 is 16.2 Å². The Morgan fingerprint density at radius 2 is 1.94 bits per heavy atom. The van der Waals surface area contributed by atoms with E-state index in [4.69, 9.17) is 32.0 Å². The molecule has 11 heteroatoms. The first-order chi connectivity index (χ1) is 16.2. The maximum Gasteiger partial charge on any atom is 0.519 e. The van der Waals surface area contributed by atoms with E-state index in [0.29, 0.717) is 58.9 Å². The number of carboxylic acid groups (broad SMARTS) is 1. The number of pyridine rings is 1. The quantitative estimate of drug-likeness (QED) is 0.553. The van der Waals surface area contributed by atoms with Crippen LogP contribution in [0.1, 0.15) is 47.7 Å². The Labute approximate surface area is 204 Å². The van der Waals surface area contributed by atoms with Crippen LogP contribution in [0.5, 0.6) is 0 Å². The maximum atomic E-state index is 12.9. The summed E-state index contributed by atoms with van der Waals surface area (Å²) >= 11 is 13.5. The third kappa shape index (κ3) is 3.91. The lowest BCUT2D eigenvalue weighted by Crippen LogP contribution is -2.51. The van der Waals surface area contributed by atoms with Crippen molar-refractivity contribution >= 4 is 45.8 Å². The number of rotatable bonds is 5. The zero-order valence-corrected chi connectivity index (χ0v) is 20.1. The average Bonchev–Trinajstić information content (AvgIpc) is 3.55. The highest BCUT2D eigenvalue weighted by Gasteiger charge is 2.32. The van der Waals surface area contributed by atoms with Crippen LogP contribution in [0.15, 0.2) is 30.7 Å². The molecule has 9 nitrogen and oxygen atoms in total. The Balaban J connectivity index is 1.51. The standard InChI is InChI=1S/C23H23Cl2N3O6/c1-11-8-27(6-5-26(11)10-17-12(2)33-23(32)34-17)20-16(24)7-14-19(18(20)25)28(13-3-4-13)9-15(21(14)29)22(30)31/h7,9,11,13H,3-6,8,10H2,1-2H3,(H,30,31). The number of carbonyl (C=O) groups is 1. The first kappa shape index (κ1) is 23.0. The van der Waals surface area contributed by atoms with Gasteiger partial charge < -0.3 is 23.4 Å². The van der Waals surface area contributed by atoms with Gasteiger partial charge in [0.05, 0.1) is 27.8 Å². The fourth-order valence-electron chi connectivity index (χ4n) is 4.65. The van der Waals surface area contributed by atoms with Crippen molar-refractivity contribution in [2.24, 2.45) is 0 Å². The summed E-state index contributed by atoms with van der Waals surface area (Å²) < 4.78 is 11.9.